The summed E-state index contributed by atoms with van der Waals surface area (Å²) in [5.41, 5.74) is 0.305. The molecule has 0 bridgehead atoms. The van der Waals surface area contributed by atoms with Crippen molar-refractivity contribution in [2.75, 3.05) is 24.2 Å². The summed E-state index contributed by atoms with van der Waals surface area (Å²) in [6.45, 7) is 6.57. The van der Waals surface area contributed by atoms with Gasteiger partial charge < -0.3 is 10.6 Å². The normalized spacial score (nSPS) is 10.6. The van der Waals surface area contributed by atoms with Gasteiger partial charge in [0.25, 0.3) is 0 Å². The van der Waals surface area contributed by atoms with Gasteiger partial charge in [-0.2, -0.15) is 4.98 Å². The fraction of sp³-hybridized carbons (Fsp3) is 0.667. The third-order valence-corrected chi connectivity index (χ3v) is 2.72. The Morgan fingerprint density at radius 2 is 2.05 bits per heavy atom. The standard InChI is InChI=1S/C12H21N5O2/c1-8(2)6-5-7-14-11-10(17(18)19)9(3)15-12(13-4)16-11/h8H,5-7H2,1-4H3,(H2,13,14,15,16). The Bertz CT molecular complexity index is 448. The fourth-order valence-electron chi connectivity index (χ4n) is 1.74. The van der Waals surface area contributed by atoms with Crippen LogP contribution in [0.3, 0.4) is 0 Å². The van der Waals surface area contributed by atoms with Crippen LogP contribution in [0, 0.1) is 23.0 Å². The number of anilines is 2. The van der Waals surface area contributed by atoms with Gasteiger partial charge in [0.15, 0.2) is 0 Å². The highest BCUT2D eigenvalue weighted by molar-refractivity contribution is 5.60. The van der Waals surface area contributed by atoms with E-state index >= 15 is 0 Å². The predicted octanol–water partition coefficient (Wildman–Crippen LogP) is 2.58. The van der Waals surface area contributed by atoms with E-state index < -0.39 is 4.92 Å². The summed E-state index contributed by atoms with van der Waals surface area (Å²) in [5, 5.41) is 16.9. The van der Waals surface area contributed by atoms with E-state index in [0.29, 0.717) is 24.1 Å². The number of nitrogens with zero attached hydrogens (tertiary/aromatic N) is 3. The molecule has 0 aliphatic heterocycles. The molecule has 0 spiro atoms. The third kappa shape index (κ3) is 4.35. The average molecular weight is 267 g/mol. The largest absolute Gasteiger partial charge is 0.364 e. The van der Waals surface area contributed by atoms with E-state index in [9.17, 15) is 10.1 Å². The highest BCUT2D eigenvalue weighted by Gasteiger charge is 2.21. The second-order valence-corrected chi connectivity index (χ2v) is 4.80. The summed E-state index contributed by atoms with van der Waals surface area (Å²) in [4.78, 5) is 18.7. The van der Waals surface area contributed by atoms with E-state index in [-0.39, 0.29) is 11.5 Å². The van der Waals surface area contributed by atoms with Crippen molar-refractivity contribution in [3.8, 4) is 0 Å². The van der Waals surface area contributed by atoms with Gasteiger partial charge in [0, 0.05) is 13.6 Å². The molecule has 0 atom stereocenters. The molecule has 0 saturated heterocycles. The molecule has 1 heterocycles. The van der Waals surface area contributed by atoms with Crippen LogP contribution in [0.15, 0.2) is 0 Å². The van der Waals surface area contributed by atoms with Crippen molar-refractivity contribution in [2.24, 2.45) is 5.92 Å². The maximum absolute atomic E-state index is 11.0. The van der Waals surface area contributed by atoms with Crippen LogP contribution in [-0.2, 0) is 0 Å². The Morgan fingerprint density at radius 1 is 1.37 bits per heavy atom. The van der Waals surface area contributed by atoms with Gasteiger partial charge in [-0.05, 0) is 25.7 Å². The number of aromatic nitrogens is 2. The summed E-state index contributed by atoms with van der Waals surface area (Å²) >= 11 is 0. The minimum Gasteiger partial charge on any atom is -0.364 e. The molecule has 1 rings (SSSR count). The molecule has 0 fully saturated rings. The van der Waals surface area contributed by atoms with E-state index in [1.807, 2.05) is 0 Å². The van der Waals surface area contributed by atoms with Gasteiger partial charge in [0.05, 0.1) is 4.92 Å². The van der Waals surface area contributed by atoms with Crippen LogP contribution < -0.4 is 10.6 Å². The molecular formula is C12H21N5O2. The average Bonchev–Trinajstić information content (AvgIpc) is 2.33. The van der Waals surface area contributed by atoms with Gasteiger partial charge in [-0.1, -0.05) is 13.8 Å². The zero-order valence-electron chi connectivity index (χ0n) is 11.9. The first-order chi connectivity index (χ1) is 8.95. The highest BCUT2D eigenvalue weighted by atomic mass is 16.6. The van der Waals surface area contributed by atoms with Gasteiger partial charge in [-0.3, -0.25) is 10.1 Å². The van der Waals surface area contributed by atoms with Crippen LogP contribution in [0.4, 0.5) is 17.5 Å². The number of aryl methyl sites for hydroxylation is 1. The third-order valence-electron chi connectivity index (χ3n) is 2.72. The van der Waals surface area contributed by atoms with Gasteiger partial charge in [-0.15, -0.1) is 0 Å². The molecule has 1 aromatic rings. The van der Waals surface area contributed by atoms with Gasteiger partial charge in [-0.25, -0.2) is 4.98 Å². The Hall–Kier alpha value is -1.92. The molecule has 0 aliphatic carbocycles. The topological polar surface area (TPSA) is 93.0 Å². The van der Waals surface area contributed by atoms with Crippen molar-refractivity contribution in [3.05, 3.63) is 15.8 Å². The van der Waals surface area contributed by atoms with E-state index in [1.165, 1.54) is 0 Å². The van der Waals surface area contributed by atoms with Crippen LogP contribution in [0.25, 0.3) is 0 Å². The number of nitro groups is 1. The molecule has 19 heavy (non-hydrogen) atoms. The fourth-order valence-corrected chi connectivity index (χ4v) is 1.74. The predicted molar refractivity (Wildman–Crippen MR) is 75.5 cm³/mol. The van der Waals surface area contributed by atoms with Crippen LogP contribution in [0.5, 0.6) is 0 Å². The molecule has 0 amide bonds. The second kappa shape index (κ2) is 6.86. The summed E-state index contributed by atoms with van der Waals surface area (Å²) in [6.07, 6.45) is 2.02. The van der Waals surface area contributed by atoms with E-state index in [4.69, 9.17) is 0 Å². The minimum absolute atomic E-state index is 0.0523. The highest BCUT2D eigenvalue weighted by Crippen LogP contribution is 2.26. The first-order valence-corrected chi connectivity index (χ1v) is 6.40. The molecule has 7 nitrogen and oxygen atoms in total. The Balaban J connectivity index is 2.84. The van der Waals surface area contributed by atoms with E-state index in [2.05, 4.69) is 34.4 Å². The lowest BCUT2D eigenvalue weighted by molar-refractivity contribution is -0.385. The zero-order chi connectivity index (χ0) is 14.4. The second-order valence-electron chi connectivity index (χ2n) is 4.80. The van der Waals surface area contributed by atoms with Crippen LogP contribution in [0.1, 0.15) is 32.4 Å². The van der Waals surface area contributed by atoms with Crippen LogP contribution in [-0.4, -0.2) is 28.5 Å². The molecule has 2 N–H and O–H groups in total. The van der Waals surface area contributed by atoms with Crippen LogP contribution in [0.2, 0.25) is 0 Å². The molecule has 7 heteroatoms. The molecule has 106 valence electrons. The number of nitrogens with one attached hydrogen (secondary N) is 2. The molecule has 1 aromatic heterocycles. The van der Waals surface area contributed by atoms with Crippen LogP contribution >= 0.6 is 0 Å². The maximum Gasteiger partial charge on any atom is 0.332 e. The molecule has 0 radical (unpaired) electrons. The van der Waals surface area contributed by atoms with Crippen molar-refractivity contribution in [1.29, 1.82) is 0 Å². The first kappa shape index (κ1) is 15.1. The first-order valence-electron chi connectivity index (χ1n) is 6.40. The van der Waals surface area contributed by atoms with Crippen molar-refractivity contribution >= 4 is 17.5 Å². The molecule has 0 aromatic carbocycles. The lowest BCUT2D eigenvalue weighted by Gasteiger charge is -2.10. The SMILES string of the molecule is CNc1nc(C)c([N+](=O)[O-])c(NCCCC(C)C)n1. The minimum atomic E-state index is -0.445. The summed E-state index contributed by atoms with van der Waals surface area (Å²) < 4.78 is 0. The molecule has 0 aliphatic rings. The summed E-state index contributed by atoms with van der Waals surface area (Å²) in [5.74, 6) is 1.29. The number of hydrogen-bond acceptors (Lipinski definition) is 6. The lowest BCUT2D eigenvalue weighted by Crippen LogP contribution is -2.11. The van der Waals surface area contributed by atoms with Gasteiger partial charge in [0.1, 0.15) is 5.69 Å². The summed E-state index contributed by atoms with van der Waals surface area (Å²) in [6, 6.07) is 0. The monoisotopic (exact) mass is 267 g/mol. The van der Waals surface area contributed by atoms with Crippen molar-refractivity contribution in [2.45, 2.75) is 33.6 Å². The smallest absolute Gasteiger partial charge is 0.332 e. The Labute approximate surface area is 113 Å². The molecule has 0 unspecified atom stereocenters. The van der Waals surface area contributed by atoms with Gasteiger partial charge >= 0.3 is 5.69 Å². The van der Waals surface area contributed by atoms with Crippen molar-refractivity contribution in [1.82, 2.24) is 9.97 Å². The Kier molecular flexibility index (Phi) is 5.47. The number of rotatable bonds is 7. The van der Waals surface area contributed by atoms with Crippen molar-refractivity contribution in [3.63, 3.8) is 0 Å². The summed E-state index contributed by atoms with van der Waals surface area (Å²) in [7, 11) is 1.68. The van der Waals surface area contributed by atoms with E-state index in [1.54, 1.807) is 14.0 Å². The quantitative estimate of drug-likeness (QED) is 0.448. The Morgan fingerprint density at radius 3 is 2.58 bits per heavy atom. The zero-order valence-corrected chi connectivity index (χ0v) is 11.9. The van der Waals surface area contributed by atoms with Gasteiger partial charge in [0.2, 0.25) is 11.8 Å². The number of hydrogen-bond donors (Lipinski definition) is 2. The van der Waals surface area contributed by atoms with E-state index in [0.717, 1.165) is 12.8 Å². The lowest BCUT2D eigenvalue weighted by atomic mass is 10.1. The maximum atomic E-state index is 11.0. The van der Waals surface area contributed by atoms with Crippen molar-refractivity contribution < 1.29 is 4.92 Å². The molecular weight excluding hydrogens is 246 g/mol. The molecule has 0 saturated carbocycles.